The highest BCUT2D eigenvalue weighted by molar-refractivity contribution is 5.49. The van der Waals surface area contributed by atoms with Gasteiger partial charge in [0, 0.05) is 18.2 Å². The van der Waals surface area contributed by atoms with Crippen molar-refractivity contribution < 1.29 is 9.47 Å². The molecule has 0 aliphatic rings. The number of benzene rings is 1. The lowest BCUT2D eigenvalue weighted by molar-refractivity contribution is 0.169. The van der Waals surface area contributed by atoms with E-state index >= 15 is 0 Å². The van der Waals surface area contributed by atoms with E-state index in [2.05, 4.69) is 45.1 Å². The quantitative estimate of drug-likeness (QED) is 0.887. The second-order valence-electron chi connectivity index (χ2n) is 5.98. The Hall–Kier alpha value is -1.06. The minimum atomic E-state index is 0.0531. The van der Waals surface area contributed by atoms with E-state index < -0.39 is 0 Å². The summed E-state index contributed by atoms with van der Waals surface area (Å²) in [6.45, 7) is 9.37. The molecule has 0 bridgehead atoms. The Bertz CT molecular complexity index is 421. The van der Waals surface area contributed by atoms with Crippen molar-refractivity contribution in [3.05, 3.63) is 28.8 Å². The Labute approximate surface area is 117 Å². The molecule has 0 spiro atoms. The van der Waals surface area contributed by atoms with Gasteiger partial charge in [0.25, 0.3) is 0 Å². The van der Waals surface area contributed by atoms with Gasteiger partial charge in [-0.15, -0.1) is 0 Å². The van der Waals surface area contributed by atoms with Crippen molar-refractivity contribution in [3.8, 4) is 5.75 Å². The molecule has 0 saturated heterocycles. The van der Waals surface area contributed by atoms with Crippen LogP contribution in [0.3, 0.4) is 0 Å². The van der Waals surface area contributed by atoms with Crippen molar-refractivity contribution in [1.82, 2.24) is 5.32 Å². The molecule has 3 heteroatoms. The highest BCUT2D eigenvalue weighted by Gasteiger charge is 2.24. The summed E-state index contributed by atoms with van der Waals surface area (Å²) in [5.74, 6) is 0.967. The van der Waals surface area contributed by atoms with Gasteiger partial charge in [0.1, 0.15) is 5.75 Å². The van der Waals surface area contributed by atoms with Gasteiger partial charge in [0.2, 0.25) is 0 Å². The molecule has 1 N–H and O–H groups in total. The fourth-order valence-corrected chi connectivity index (χ4v) is 2.34. The molecule has 0 amide bonds. The lowest BCUT2D eigenvalue weighted by Gasteiger charge is -2.27. The number of ether oxygens (including phenoxy) is 2. The third kappa shape index (κ3) is 3.71. The van der Waals surface area contributed by atoms with Crippen molar-refractivity contribution in [2.45, 2.75) is 39.2 Å². The molecule has 108 valence electrons. The van der Waals surface area contributed by atoms with Gasteiger partial charge in [-0.1, -0.05) is 38.5 Å². The van der Waals surface area contributed by atoms with Crippen molar-refractivity contribution in [3.63, 3.8) is 0 Å². The Balaban J connectivity index is 3.42. The summed E-state index contributed by atoms with van der Waals surface area (Å²) >= 11 is 0. The van der Waals surface area contributed by atoms with Crippen molar-refractivity contribution in [2.75, 3.05) is 27.9 Å². The van der Waals surface area contributed by atoms with Crippen molar-refractivity contribution in [1.29, 1.82) is 0 Å². The van der Waals surface area contributed by atoms with Crippen LogP contribution < -0.4 is 10.1 Å². The average molecular weight is 265 g/mol. The van der Waals surface area contributed by atoms with E-state index in [9.17, 15) is 0 Å². The molecule has 1 rings (SSSR count). The predicted molar refractivity (Wildman–Crippen MR) is 80.1 cm³/mol. The molecule has 1 aromatic rings. The van der Waals surface area contributed by atoms with Crippen LogP contribution in [0.25, 0.3) is 0 Å². The summed E-state index contributed by atoms with van der Waals surface area (Å²) in [6.07, 6.45) is 0. The van der Waals surface area contributed by atoms with E-state index in [1.807, 2.05) is 7.05 Å². The Morgan fingerprint density at radius 2 is 1.84 bits per heavy atom. The maximum atomic E-state index is 5.69. The SMILES string of the molecule is CNC(COC)c1cc(C)cc(C(C)(C)C)c1OC. The van der Waals surface area contributed by atoms with Gasteiger partial charge in [-0.2, -0.15) is 0 Å². The standard InChI is InChI=1S/C16H27NO2/c1-11-8-12(14(17-5)10-18-6)15(19-7)13(9-11)16(2,3)4/h8-9,14,17H,10H2,1-7H3. The third-order valence-electron chi connectivity index (χ3n) is 3.33. The summed E-state index contributed by atoms with van der Waals surface area (Å²) in [4.78, 5) is 0. The summed E-state index contributed by atoms with van der Waals surface area (Å²) in [7, 11) is 5.41. The fourth-order valence-electron chi connectivity index (χ4n) is 2.34. The van der Waals surface area contributed by atoms with Crippen LogP contribution in [0.2, 0.25) is 0 Å². The lowest BCUT2D eigenvalue weighted by Crippen LogP contribution is -2.23. The molecule has 0 aliphatic carbocycles. The van der Waals surface area contributed by atoms with Crippen LogP contribution in [0, 0.1) is 6.92 Å². The van der Waals surface area contributed by atoms with E-state index in [0.29, 0.717) is 6.61 Å². The minimum absolute atomic E-state index is 0.0531. The molecule has 1 atom stereocenters. The molecular weight excluding hydrogens is 238 g/mol. The number of rotatable bonds is 5. The molecule has 0 saturated carbocycles. The van der Waals surface area contributed by atoms with E-state index in [-0.39, 0.29) is 11.5 Å². The molecule has 0 heterocycles. The Morgan fingerprint density at radius 1 is 1.21 bits per heavy atom. The van der Waals surface area contributed by atoms with E-state index in [0.717, 1.165) is 11.3 Å². The number of likely N-dealkylation sites (N-methyl/N-ethyl adjacent to an activating group) is 1. The second kappa shape index (κ2) is 6.40. The number of hydrogen-bond donors (Lipinski definition) is 1. The maximum Gasteiger partial charge on any atom is 0.127 e. The number of methoxy groups -OCH3 is 2. The van der Waals surface area contributed by atoms with Crippen molar-refractivity contribution in [2.24, 2.45) is 0 Å². The summed E-state index contributed by atoms with van der Waals surface area (Å²) < 4.78 is 11.0. The molecule has 0 radical (unpaired) electrons. The van der Waals surface area contributed by atoms with Crippen LogP contribution in [0.1, 0.15) is 43.5 Å². The highest BCUT2D eigenvalue weighted by Crippen LogP contribution is 2.37. The lowest BCUT2D eigenvalue weighted by atomic mass is 9.83. The molecule has 0 aliphatic heterocycles. The summed E-state index contributed by atoms with van der Waals surface area (Å²) in [6, 6.07) is 4.52. The van der Waals surface area contributed by atoms with Gasteiger partial charge >= 0.3 is 0 Å². The van der Waals surface area contributed by atoms with Gasteiger partial charge in [-0.25, -0.2) is 0 Å². The van der Waals surface area contributed by atoms with Gasteiger partial charge in [-0.3, -0.25) is 0 Å². The first kappa shape index (κ1) is 16.0. The van der Waals surface area contributed by atoms with Crippen LogP contribution in [-0.4, -0.2) is 27.9 Å². The first-order chi connectivity index (χ1) is 8.85. The monoisotopic (exact) mass is 265 g/mol. The van der Waals surface area contributed by atoms with Gasteiger partial charge in [-0.05, 0) is 19.4 Å². The molecule has 19 heavy (non-hydrogen) atoms. The van der Waals surface area contributed by atoms with E-state index in [4.69, 9.17) is 9.47 Å². The molecule has 1 aromatic carbocycles. The second-order valence-corrected chi connectivity index (χ2v) is 5.98. The summed E-state index contributed by atoms with van der Waals surface area (Å²) in [5, 5.41) is 3.29. The first-order valence-electron chi connectivity index (χ1n) is 6.70. The zero-order valence-corrected chi connectivity index (χ0v) is 13.3. The van der Waals surface area contributed by atoms with Crippen LogP contribution in [-0.2, 0) is 10.2 Å². The molecule has 1 unspecified atom stereocenters. The maximum absolute atomic E-state index is 5.69. The van der Waals surface area contributed by atoms with Crippen LogP contribution in [0.15, 0.2) is 12.1 Å². The molecule has 0 aromatic heterocycles. The average Bonchev–Trinajstić information content (AvgIpc) is 2.33. The van der Waals surface area contributed by atoms with Gasteiger partial charge < -0.3 is 14.8 Å². The highest BCUT2D eigenvalue weighted by atomic mass is 16.5. The zero-order valence-electron chi connectivity index (χ0n) is 13.3. The smallest absolute Gasteiger partial charge is 0.127 e. The molecule has 0 fully saturated rings. The van der Waals surface area contributed by atoms with E-state index in [1.165, 1.54) is 11.1 Å². The van der Waals surface area contributed by atoms with Crippen LogP contribution in [0.4, 0.5) is 0 Å². The Kier molecular flexibility index (Phi) is 5.39. The Morgan fingerprint density at radius 3 is 2.26 bits per heavy atom. The molecular formula is C16H27NO2. The molecule has 3 nitrogen and oxygen atoms in total. The van der Waals surface area contributed by atoms with E-state index in [1.54, 1.807) is 14.2 Å². The minimum Gasteiger partial charge on any atom is -0.496 e. The normalized spacial score (nSPS) is 13.4. The topological polar surface area (TPSA) is 30.5 Å². The fraction of sp³-hybridized carbons (Fsp3) is 0.625. The largest absolute Gasteiger partial charge is 0.496 e. The predicted octanol–water partition coefficient (Wildman–Crippen LogP) is 3.21. The number of hydrogen-bond acceptors (Lipinski definition) is 3. The van der Waals surface area contributed by atoms with Gasteiger partial charge in [0.15, 0.2) is 0 Å². The van der Waals surface area contributed by atoms with Crippen LogP contribution in [0.5, 0.6) is 5.75 Å². The first-order valence-corrected chi connectivity index (χ1v) is 6.70. The van der Waals surface area contributed by atoms with Crippen molar-refractivity contribution >= 4 is 0 Å². The summed E-state index contributed by atoms with van der Waals surface area (Å²) in [5.41, 5.74) is 3.70. The number of nitrogens with one attached hydrogen (secondary N) is 1. The van der Waals surface area contributed by atoms with Crippen LogP contribution >= 0.6 is 0 Å². The number of aryl methyl sites for hydroxylation is 1. The third-order valence-corrected chi connectivity index (χ3v) is 3.33. The van der Waals surface area contributed by atoms with Gasteiger partial charge in [0.05, 0.1) is 19.8 Å². The zero-order chi connectivity index (χ0) is 14.6.